The van der Waals surface area contributed by atoms with E-state index in [-0.39, 0.29) is 0 Å². The van der Waals surface area contributed by atoms with E-state index in [0.29, 0.717) is 0 Å². The van der Waals surface area contributed by atoms with Gasteiger partial charge in [0.1, 0.15) is 6.79 Å². The Morgan fingerprint density at radius 2 is 0.824 bits per heavy atom. The van der Waals surface area contributed by atoms with Crippen molar-refractivity contribution < 1.29 is 4.79 Å². The number of benzene rings is 4. The Hall–Kier alpha value is -4.25. The van der Waals surface area contributed by atoms with E-state index in [1.165, 1.54) is 33.4 Å². The van der Waals surface area contributed by atoms with Crippen molar-refractivity contribution in [1.82, 2.24) is 0 Å². The summed E-state index contributed by atoms with van der Waals surface area (Å²) in [4.78, 5) is 8.00. The van der Waals surface area contributed by atoms with E-state index in [0.717, 1.165) is 33.9 Å². The van der Waals surface area contributed by atoms with Crippen molar-refractivity contribution in [1.29, 1.82) is 0 Å². The van der Waals surface area contributed by atoms with Crippen LogP contribution in [0.15, 0.2) is 72.8 Å². The number of nitrogen functional groups attached to an aromatic ring is 4. The average Bonchev–Trinajstić information content (AvgIpc) is 2.74. The molecule has 4 aromatic carbocycles. The maximum absolute atomic E-state index is 8.00. The highest BCUT2D eigenvalue weighted by atomic mass is 16.1. The van der Waals surface area contributed by atoms with Gasteiger partial charge in [0.25, 0.3) is 0 Å². The molecular weight excluding hydrogens is 420 g/mol. The second-order valence-electron chi connectivity index (χ2n) is 8.41. The van der Waals surface area contributed by atoms with Gasteiger partial charge in [0, 0.05) is 22.7 Å². The molecule has 0 heterocycles. The van der Waals surface area contributed by atoms with E-state index in [2.05, 4.69) is 26.0 Å². The first-order valence-corrected chi connectivity index (χ1v) is 10.9. The summed E-state index contributed by atoms with van der Waals surface area (Å²) in [5, 5.41) is 0. The van der Waals surface area contributed by atoms with Crippen LogP contribution in [0, 0.1) is 27.7 Å². The van der Waals surface area contributed by atoms with Crippen LogP contribution in [-0.4, -0.2) is 6.79 Å². The molecule has 0 atom stereocenters. The van der Waals surface area contributed by atoms with Crippen molar-refractivity contribution in [2.45, 2.75) is 27.7 Å². The minimum Gasteiger partial charge on any atom is -0.399 e. The zero-order chi connectivity index (χ0) is 25.4. The molecule has 4 aromatic rings. The quantitative estimate of drug-likeness (QED) is 0.273. The summed E-state index contributed by atoms with van der Waals surface area (Å²) in [6.45, 7) is 10.2. The van der Waals surface area contributed by atoms with Gasteiger partial charge in [-0.25, -0.2) is 0 Å². The lowest BCUT2D eigenvalue weighted by Gasteiger charge is -2.09. The molecule has 0 bridgehead atoms. The summed E-state index contributed by atoms with van der Waals surface area (Å²) in [6, 6.07) is 24.1. The molecule has 0 saturated carbocycles. The van der Waals surface area contributed by atoms with Crippen LogP contribution in [0.1, 0.15) is 22.3 Å². The Bertz CT molecular complexity index is 1140. The summed E-state index contributed by atoms with van der Waals surface area (Å²) in [7, 11) is 0. The minimum atomic E-state index is 0.793. The molecule has 0 aromatic heterocycles. The molecule has 0 aliphatic heterocycles. The molecule has 0 aliphatic carbocycles. The molecule has 8 N–H and O–H groups in total. The molecule has 0 spiro atoms. The van der Waals surface area contributed by atoms with Gasteiger partial charge in [-0.2, -0.15) is 0 Å². The van der Waals surface area contributed by atoms with E-state index in [1.807, 2.05) is 81.3 Å². The lowest BCUT2D eigenvalue weighted by molar-refractivity contribution is -0.0979. The topological polar surface area (TPSA) is 121 Å². The summed E-state index contributed by atoms with van der Waals surface area (Å²) in [5.41, 5.74) is 35.7. The molecule has 0 unspecified atom stereocenters. The third-order valence-corrected chi connectivity index (χ3v) is 5.32. The van der Waals surface area contributed by atoms with Gasteiger partial charge in [0.05, 0.1) is 0 Å². The number of rotatable bonds is 2. The van der Waals surface area contributed by atoms with Crippen LogP contribution in [0.5, 0.6) is 0 Å². The first kappa shape index (κ1) is 26.0. The summed E-state index contributed by atoms with van der Waals surface area (Å²) in [6.07, 6.45) is 0. The summed E-state index contributed by atoms with van der Waals surface area (Å²) < 4.78 is 0. The van der Waals surface area contributed by atoms with Crippen LogP contribution in [0.25, 0.3) is 22.3 Å². The number of carbonyl (C=O) groups excluding carboxylic acids is 1. The molecule has 0 saturated heterocycles. The number of hydrogen-bond donors (Lipinski definition) is 4. The Kier molecular flexibility index (Phi) is 8.85. The van der Waals surface area contributed by atoms with Crippen LogP contribution in [-0.2, 0) is 4.79 Å². The predicted octanol–water partition coefficient (Wildman–Crippen LogP) is 6.08. The fraction of sp³-hybridized carbons (Fsp3) is 0.138. The van der Waals surface area contributed by atoms with Crippen LogP contribution >= 0.6 is 0 Å². The van der Waals surface area contributed by atoms with E-state index in [4.69, 9.17) is 27.7 Å². The highest BCUT2D eigenvalue weighted by Crippen LogP contribution is 2.28. The van der Waals surface area contributed by atoms with Crippen LogP contribution < -0.4 is 22.9 Å². The van der Waals surface area contributed by atoms with Crippen molar-refractivity contribution in [2.24, 2.45) is 0 Å². The maximum atomic E-state index is 8.00. The lowest BCUT2D eigenvalue weighted by Crippen LogP contribution is -1.91. The normalized spacial score (nSPS) is 9.88. The van der Waals surface area contributed by atoms with E-state index < -0.39 is 0 Å². The second kappa shape index (κ2) is 11.6. The van der Waals surface area contributed by atoms with E-state index in [1.54, 1.807) is 0 Å². The Morgan fingerprint density at radius 1 is 0.471 bits per heavy atom. The third kappa shape index (κ3) is 6.87. The monoisotopic (exact) mass is 454 g/mol. The number of anilines is 4. The molecule has 0 amide bonds. The highest BCUT2D eigenvalue weighted by molar-refractivity contribution is 5.74. The SMILES string of the molecule is C=O.Cc1cc(N)cc(-c2ccc(N)cc2C)c1.Cc1cc(N)cc(-c2ccc(N)cc2C)c1. The van der Waals surface area contributed by atoms with Gasteiger partial charge in [-0.1, -0.05) is 24.3 Å². The smallest absolute Gasteiger partial charge is 0.106 e. The fourth-order valence-corrected chi connectivity index (χ4v) is 3.96. The number of carbonyl (C=O) groups is 1. The second-order valence-corrected chi connectivity index (χ2v) is 8.41. The molecule has 34 heavy (non-hydrogen) atoms. The Morgan fingerprint density at radius 3 is 1.12 bits per heavy atom. The van der Waals surface area contributed by atoms with Crippen LogP contribution in [0.3, 0.4) is 0 Å². The summed E-state index contributed by atoms with van der Waals surface area (Å²) >= 11 is 0. The lowest BCUT2D eigenvalue weighted by atomic mass is 9.98. The van der Waals surface area contributed by atoms with Crippen molar-refractivity contribution >= 4 is 29.5 Å². The van der Waals surface area contributed by atoms with Crippen molar-refractivity contribution in [3.05, 3.63) is 95.1 Å². The Labute approximate surface area is 202 Å². The molecule has 0 radical (unpaired) electrons. The minimum absolute atomic E-state index is 0.793. The zero-order valence-electron chi connectivity index (χ0n) is 20.4. The third-order valence-electron chi connectivity index (χ3n) is 5.32. The van der Waals surface area contributed by atoms with Crippen molar-refractivity contribution in [3.63, 3.8) is 0 Å². The summed E-state index contributed by atoms with van der Waals surface area (Å²) in [5.74, 6) is 0. The van der Waals surface area contributed by atoms with E-state index in [9.17, 15) is 0 Å². The van der Waals surface area contributed by atoms with Gasteiger partial charge in [0.2, 0.25) is 0 Å². The van der Waals surface area contributed by atoms with Gasteiger partial charge in [-0.3, -0.25) is 0 Å². The largest absolute Gasteiger partial charge is 0.399 e. The highest BCUT2D eigenvalue weighted by Gasteiger charge is 2.04. The standard InChI is InChI=1S/2C14H16N2.CH2O/c2*1-9-5-11(8-13(16)6-9)14-4-3-12(15)7-10(14)2;1-2/h2*3-8H,15-16H2,1-2H3;1H2. The molecule has 0 fully saturated rings. The Balaban J connectivity index is 0.000000224. The maximum Gasteiger partial charge on any atom is 0.106 e. The molecule has 5 heteroatoms. The predicted molar refractivity (Wildman–Crippen MR) is 147 cm³/mol. The number of hydrogen-bond acceptors (Lipinski definition) is 5. The molecule has 5 nitrogen and oxygen atoms in total. The molecular formula is C29H34N4O. The first-order chi connectivity index (χ1) is 16.1. The fourth-order valence-electron chi connectivity index (χ4n) is 3.96. The number of aryl methyl sites for hydroxylation is 4. The average molecular weight is 455 g/mol. The molecule has 4 rings (SSSR count). The van der Waals surface area contributed by atoms with Gasteiger partial charge in [0.15, 0.2) is 0 Å². The van der Waals surface area contributed by atoms with Crippen LogP contribution in [0.4, 0.5) is 22.7 Å². The van der Waals surface area contributed by atoms with Gasteiger partial charge >= 0.3 is 0 Å². The van der Waals surface area contributed by atoms with Crippen molar-refractivity contribution in [3.8, 4) is 22.3 Å². The molecule has 0 aliphatic rings. The zero-order valence-corrected chi connectivity index (χ0v) is 20.4. The van der Waals surface area contributed by atoms with Gasteiger partial charge < -0.3 is 27.7 Å². The first-order valence-electron chi connectivity index (χ1n) is 10.9. The number of nitrogens with two attached hydrogens (primary N) is 4. The van der Waals surface area contributed by atoms with Crippen LogP contribution in [0.2, 0.25) is 0 Å². The van der Waals surface area contributed by atoms with Gasteiger partial charge in [-0.05, 0) is 121 Å². The molecule has 176 valence electrons. The van der Waals surface area contributed by atoms with Crippen molar-refractivity contribution in [2.75, 3.05) is 22.9 Å². The van der Waals surface area contributed by atoms with E-state index >= 15 is 0 Å². The van der Waals surface area contributed by atoms with Gasteiger partial charge in [-0.15, -0.1) is 0 Å².